The fourth-order valence-corrected chi connectivity index (χ4v) is 3.65. The molecule has 0 unspecified atom stereocenters. The quantitative estimate of drug-likeness (QED) is 0.716. The molecule has 132 valence electrons. The molecular formula is C21H21N3O2. The lowest BCUT2D eigenvalue weighted by Crippen LogP contribution is -2.37. The Bertz CT molecular complexity index is 1040. The van der Waals surface area contributed by atoms with Gasteiger partial charge in [-0.25, -0.2) is 4.68 Å². The summed E-state index contributed by atoms with van der Waals surface area (Å²) >= 11 is 0. The number of aromatic nitrogens is 2. The van der Waals surface area contributed by atoms with Crippen molar-refractivity contribution in [3.05, 3.63) is 75.7 Å². The molecular weight excluding hydrogens is 326 g/mol. The Morgan fingerprint density at radius 2 is 1.73 bits per heavy atom. The smallest absolute Gasteiger partial charge is 0.275 e. The monoisotopic (exact) mass is 347 g/mol. The highest BCUT2D eigenvalue weighted by molar-refractivity contribution is 5.83. The molecule has 0 bridgehead atoms. The van der Waals surface area contributed by atoms with E-state index in [0.717, 1.165) is 23.9 Å². The molecule has 26 heavy (non-hydrogen) atoms. The van der Waals surface area contributed by atoms with Crippen molar-refractivity contribution in [2.75, 3.05) is 6.54 Å². The van der Waals surface area contributed by atoms with Crippen molar-refractivity contribution in [1.82, 2.24) is 14.7 Å². The van der Waals surface area contributed by atoms with Crippen LogP contribution in [0.2, 0.25) is 0 Å². The normalized spacial score (nSPS) is 14.1. The predicted octanol–water partition coefficient (Wildman–Crippen LogP) is 2.68. The Morgan fingerprint density at radius 3 is 2.54 bits per heavy atom. The van der Waals surface area contributed by atoms with Crippen molar-refractivity contribution in [1.29, 1.82) is 0 Å². The zero-order valence-electron chi connectivity index (χ0n) is 14.8. The van der Waals surface area contributed by atoms with Gasteiger partial charge >= 0.3 is 0 Å². The first-order chi connectivity index (χ1) is 12.6. The zero-order chi connectivity index (χ0) is 18.1. The van der Waals surface area contributed by atoms with E-state index in [1.807, 2.05) is 42.2 Å². The van der Waals surface area contributed by atoms with Gasteiger partial charge in [-0.15, -0.1) is 0 Å². The van der Waals surface area contributed by atoms with E-state index < -0.39 is 0 Å². The van der Waals surface area contributed by atoms with Gasteiger partial charge < -0.3 is 4.90 Å². The minimum absolute atomic E-state index is 0.0212. The molecule has 1 aliphatic rings. The third-order valence-electron chi connectivity index (χ3n) is 5.04. The molecule has 4 rings (SSSR count). The maximum atomic E-state index is 12.9. The van der Waals surface area contributed by atoms with Crippen molar-refractivity contribution in [2.45, 2.75) is 32.9 Å². The van der Waals surface area contributed by atoms with Crippen LogP contribution >= 0.6 is 0 Å². The highest BCUT2D eigenvalue weighted by Gasteiger charge is 2.20. The summed E-state index contributed by atoms with van der Waals surface area (Å²) in [5, 5.41) is 5.80. The van der Waals surface area contributed by atoms with Gasteiger partial charge in [-0.05, 0) is 37.0 Å². The van der Waals surface area contributed by atoms with Crippen LogP contribution in [0.5, 0.6) is 0 Å². The van der Waals surface area contributed by atoms with Crippen molar-refractivity contribution in [3.63, 3.8) is 0 Å². The molecule has 0 radical (unpaired) electrons. The molecule has 1 aromatic heterocycles. The first kappa shape index (κ1) is 16.5. The Labute approximate surface area is 151 Å². The summed E-state index contributed by atoms with van der Waals surface area (Å²) in [6.45, 7) is 3.14. The number of hydrogen-bond acceptors (Lipinski definition) is 3. The van der Waals surface area contributed by atoms with Gasteiger partial charge in [0.15, 0.2) is 0 Å². The lowest BCUT2D eigenvalue weighted by atomic mass is 10.0. The van der Waals surface area contributed by atoms with Crippen molar-refractivity contribution in [2.24, 2.45) is 0 Å². The molecule has 2 heterocycles. The van der Waals surface area contributed by atoms with Crippen molar-refractivity contribution < 1.29 is 4.79 Å². The molecule has 0 atom stereocenters. The lowest BCUT2D eigenvalue weighted by molar-refractivity contribution is -0.132. The fraction of sp³-hybridized carbons (Fsp3) is 0.286. The van der Waals surface area contributed by atoms with Crippen LogP contribution < -0.4 is 5.56 Å². The van der Waals surface area contributed by atoms with Crippen LogP contribution in [0, 0.1) is 6.92 Å². The van der Waals surface area contributed by atoms with Gasteiger partial charge in [0.25, 0.3) is 5.56 Å². The van der Waals surface area contributed by atoms with Gasteiger partial charge in [-0.2, -0.15) is 5.10 Å². The number of aryl methyl sites for hydroxylation is 2. The number of benzene rings is 2. The number of fused-ring (bicyclic) bond motifs is 2. The Hall–Kier alpha value is -2.95. The second-order valence-electron chi connectivity index (χ2n) is 6.78. The summed E-state index contributed by atoms with van der Waals surface area (Å²) in [5.41, 5.74) is 3.04. The number of rotatable bonds is 2. The van der Waals surface area contributed by atoms with Crippen LogP contribution in [0.15, 0.2) is 53.3 Å². The van der Waals surface area contributed by atoms with E-state index in [-0.39, 0.29) is 18.0 Å². The van der Waals surface area contributed by atoms with Gasteiger partial charge in [0.05, 0.1) is 11.1 Å². The molecule has 0 aliphatic carbocycles. The Morgan fingerprint density at radius 1 is 1.04 bits per heavy atom. The first-order valence-corrected chi connectivity index (χ1v) is 8.94. The molecule has 5 heteroatoms. The standard InChI is InChI=1S/C21H21N3O2/c1-15-18-10-4-5-11-19(18)21(26)24(22-15)14-20(25)23-12-6-9-16-7-2-3-8-17(16)13-23/h2-5,7-8,10-11H,6,9,12-14H2,1H3. The number of carbonyl (C=O) groups excluding carboxylic acids is 1. The highest BCUT2D eigenvalue weighted by Crippen LogP contribution is 2.19. The van der Waals surface area contributed by atoms with Crippen LogP contribution in [0.4, 0.5) is 0 Å². The van der Waals surface area contributed by atoms with Crippen LogP contribution in [0.25, 0.3) is 10.8 Å². The number of nitrogens with zero attached hydrogens (tertiary/aromatic N) is 3. The summed E-state index contributed by atoms with van der Waals surface area (Å²) in [6, 6.07) is 15.6. The first-order valence-electron chi connectivity index (χ1n) is 8.94. The molecule has 0 fully saturated rings. The summed E-state index contributed by atoms with van der Waals surface area (Å²) in [6.07, 6.45) is 1.91. The van der Waals surface area contributed by atoms with E-state index in [9.17, 15) is 9.59 Å². The summed E-state index contributed by atoms with van der Waals surface area (Å²) in [7, 11) is 0. The molecule has 5 nitrogen and oxygen atoms in total. The maximum Gasteiger partial charge on any atom is 0.275 e. The van der Waals surface area contributed by atoms with Gasteiger partial charge in [0.1, 0.15) is 6.54 Å². The zero-order valence-corrected chi connectivity index (χ0v) is 14.8. The Kier molecular flexibility index (Phi) is 4.29. The maximum absolute atomic E-state index is 12.9. The topological polar surface area (TPSA) is 55.2 Å². The average Bonchev–Trinajstić information content (AvgIpc) is 2.88. The SMILES string of the molecule is Cc1nn(CC(=O)N2CCCc3ccccc3C2)c(=O)c2ccccc12. The van der Waals surface area contributed by atoms with E-state index >= 15 is 0 Å². The second-order valence-corrected chi connectivity index (χ2v) is 6.78. The number of amides is 1. The Balaban J connectivity index is 1.62. The van der Waals surface area contributed by atoms with Crippen molar-refractivity contribution >= 4 is 16.7 Å². The molecule has 2 aromatic carbocycles. The predicted molar refractivity (Wildman–Crippen MR) is 101 cm³/mol. The molecule has 0 saturated carbocycles. The van der Waals surface area contributed by atoms with E-state index in [0.29, 0.717) is 18.5 Å². The molecule has 1 amide bonds. The lowest BCUT2D eigenvalue weighted by Gasteiger charge is -2.21. The summed E-state index contributed by atoms with van der Waals surface area (Å²) < 4.78 is 1.30. The molecule has 1 aliphatic heterocycles. The van der Waals surface area contributed by atoms with E-state index in [2.05, 4.69) is 17.2 Å². The third-order valence-corrected chi connectivity index (χ3v) is 5.04. The molecule has 0 saturated heterocycles. The van der Waals surface area contributed by atoms with E-state index in [4.69, 9.17) is 0 Å². The van der Waals surface area contributed by atoms with Crippen LogP contribution in [0.3, 0.4) is 0 Å². The second kappa shape index (κ2) is 6.75. The summed E-state index contributed by atoms with van der Waals surface area (Å²) in [5.74, 6) is -0.0639. The average molecular weight is 347 g/mol. The number of carbonyl (C=O) groups is 1. The molecule has 0 spiro atoms. The van der Waals surface area contributed by atoms with Gasteiger partial charge in [-0.1, -0.05) is 42.5 Å². The van der Waals surface area contributed by atoms with Crippen LogP contribution in [-0.2, 0) is 24.3 Å². The van der Waals surface area contributed by atoms with Crippen molar-refractivity contribution in [3.8, 4) is 0 Å². The van der Waals surface area contributed by atoms with Crippen LogP contribution in [-0.4, -0.2) is 27.1 Å². The van der Waals surface area contributed by atoms with Gasteiger partial charge in [0, 0.05) is 18.5 Å². The minimum Gasteiger partial charge on any atom is -0.337 e. The fourth-order valence-electron chi connectivity index (χ4n) is 3.65. The minimum atomic E-state index is -0.213. The van der Waals surface area contributed by atoms with E-state index in [1.54, 1.807) is 6.07 Å². The largest absolute Gasteiger partial charge is 0.337 e. The number of hydrogen-bond donors (Lipinski definition) is 0. The van der Waals surface area contributed by atoms with E-state index in [1.165, 1.54) is 15.8 Å². The van der Waals surface area contributed by atoms with Crippen LogP contribution in [0.1, 0.15) is 23.2 Å². The highest BCUT2D eigenvalue weighted by atomic mass is 16.2. The molecule has 3 aromatic rings. The molecule has 0 N–H and O–H groups in total. The third kappa shape index (κ3) is 3.01. The van der Waals surface area contributed by atoms with Gasteiger partial charge in [0.2, 0.25) is 5.91 Å². The van der Waals surface area contributed by atoms with Gasteiger partial charge in [-0.3, -0.25) is 9.59 Å². The summed E-state index contributed by atoms with van der Waals surface area (Å²) in [4.78, 5) is 27.4.